The Bertz CT molecular complexity index is 1450. The van der Waals surface area contributed by atoms with Crippen LogP contribution >= 0.6 is 27.7 Å². The molecule has 0 atom stereocenters. The molecule has 0 aliphatic carbocycles. The molecule has 7 heteroatoms. The Hall–Kier alpha value is -3.42. The number of nitrogens with zero attached hydrogens (tertiary/aromatic N) is 3. The summed E-state index contributed by atoms with van der Waals surface area (Å²) in [6.07, 6.45) is 1.54. The summed E-state index contributed by atoms with van der Waals surface area (Å²) in [5.74, 6) is 1.47. The number of hydrogen-bond donors (Lipinski definition) is 1. The third-order valence-electron chi connectivity index (χ3n) is 5.16. The molecular formula is C27H21BrN4OS. The Morgan fingerprint density at radius 2 is 1.74 bits per heavy atom. The first-order chi connectivity index (χ1) is 16.7. The predicted molar refractivity (Wildman–Crippen MR) is 141 cm³/mol. The van der Waals surface area contributed by atoms with E-state index in [0.717, 1.165) is 42.3 Å². The average Bonchev–Trinajstić information content (AvgIpc) is 2.85. The van der Waals surface area contributed by atoms with Gasteiger partial charge < -0.3 is 10.1 Å². The van der Waals surface area contributed by atoms with Crippen LogP contribution in [0.2, 0.25) is 0 Å². The minimum Gasteiger partial charge on any atom is -0.489 e. The molecule has 0 saturated carbocycles. The van der Waals surface area contributed by atoms with Gasteiger partial charge in [0.25, 0.3) is 0 Å². The zero-order chi connectivity index (χ0) is 23.3. The van der Waals surface area contributed by atoms with E-state index in [0.29, 0.717) is 18.1 Å². The highest BCUT2D eigenvalue weighted by molar-refractivity contribution is 9.10. The van der Waals surface area contributed by atoms with E-state index in [1.807, 2.05) is 73.7 Å². The van der Waals surface area contributed by atoms with Gasteiger partial charge in [-0.25, -0.2) is 15.0 Å². The van der Waals surface area contributed by atoms with Crippen LogP contribution in [0.15, 0.2) is 106 Å². The van der Waals surface area contributed by atoms with Gasteiger partial charge in [-0.1, -0.05) is 64.1 Å². The molecule has 2 heterocycles. The summed E-state index contributed by atoms with van der Waals surface area (Å²) >= 11 is 5.27. The second-order valence-electron chi connectivity index (χ2n) is 7.62. The average molecular weight is 529 g/mol. The van der Waals surface area contributed by atoms with Crippen molar-refractivity contribution in [3.05, 3.63) is 107 Å². The van der Waals surface area contributed by atoms with Crippen molar-refractivity contribution < 1.29 is 4.74 Å². The lowest BCUT2D eigenvalue weighted by molar-refractivity contribution is 0.305. The molecule has 1 N–H and O–H groups in total. The second-order valence-corrected chi connectivity index (χ2v) is 9.59. The highest BCUT2D eigenvalue weighted by atomic mass is 79.9. The third kappa shape index (κ3) is 5.21. The van der Waals surface area contributed by atoms with Gasteiger partial charge in [-0.3, -0.25) is 0 Å². The Kier molecular flexibility index (Phi) is 6.74. The summed E-state index contributed by atoms with van der Waals surface area (Å²) in [7, 11) is 0. The van der Waals surface area contributed by atoms with E-state index in [1.54, 1.807) is 11.8 Å². The van der Waals surface area contributed by atoms with Crippen LogP contribution in [0.1, 0.15) is 11.3 Å². The normalized spacial score (nSPS) is 10.9. The SMILES string of the molecule is Cc1ccc2c(Nc3cc(OCc4ccccc4Br)ccc3Sc3ccccc3)ncnc2n1. The van der Waals surface area contributed by atoms with Gasteiger partial charge in [-0.15, -0.1) is 0 Å². The maximum atomic E-state index is 6.14. The van der Waals surface area contributed by atoms with Gasteiger partial charge in [-0.05, 0) is 49.4 Å². The first-order valence-electron chi connectivity index (χ1n) is 10.7. The number of fused-ring (bicyclic) bond motifs is 1. The first kappa shape index (κ1) is 22.4. The number of anilines is 2. The summed E-state index contributed by atoms with van der Waals surface area (Å²) in [6, 6.07) is 28.4. The number of halogens is 1. The minimum absolute atomic E-state index is 0.464. The molecule has 0 saturated heterocycles. The lowest BCUT2D eigenvalue weighted by Gasteiger charge is -2.15. The molecule has 5 rings (SSSR count). The van der Waals surface area contributed by atoms with Crippen molar-refractivity contribution in [2.75, 3.05) is 5.32 Å². The Morgan fingerprint density at radius 1 is 0.912 bits per heavy atom. The number of benzene rings is 3. The molecule has 0 amide bonds. The lowest BCUT2D eigenvalue weighted by atomic mass is 10.2. The van der Waals surface area contributed by atoms with Crippen LogP contribution in [0.3, 0.4) is 0 Å². The fourth-order valence-electron chi connectivity index (χ4n) is 3.44. The zero-order valence-corrected chi connectivity index (χ0v) is 20.8. The number of nitrogens with one attached hydrogen (secondary N) is 1. The number of pyridine rings is 1. The summed E-state index contributed by atoms with van der Waals surface area (Å²) < 4.78 is 7.16. The predicted octanol–water partition coefficient (Wildman–Crippen LogP) is 7.57. The summed E-state index contributed by atoms with van der Waals surface area (Å²) in [5, 5.41) is 4.37. The maximum absolute atomic E-state index is 6.14. The molecule has 0 fully saturated rings. The summed E-state index contributed by atoms with van der Waals surface area (Å²) in [4.78, 5) is 15.6. The molecular weight excluding hydrogens is 508 g/mol. The van der Waals surface area contributed by atoms with Crippen molar-refractivity contribution in [2.24, 2.45) is 0 Å². The number of hydrogen-bond acceptors (Lipinski definition) is 6. The smallest absolute Gasteiger partial charge is 0.164 e. The van der Waals surface area contributed by atoms with Crippen molar-refractivity contribution in [2.45, 2.75) is 23.3 Å². The Balaban J connectivity index is 1.48. The molecule has 0 aliphatic rings. The molecule has 2 aromatic heterocycles. The number of aromatic nitrogens is 3. The van der Waals surface area contributed by atoms with Crippen molar-refractivity contribution in [3.8, 4) is 5.75 Å². The van der Waals surface area contributed by atoms with Gasteiger partial charge in [-0.2, -0.15) is 0 Å². The van der Waals surface area contributed by atoms with E-state index in [1.165, 1.54) is 6.33 Å². The van der Waals surface area contributed by atoms with E-state index in [-0.39, 0.29) is 0 Å². The number of ether oxygens (including phenoxy) is 1. The lowest BCUT2D eigenvalue weighted by Crippen LogP contribution is -2.01. The largest absolute Gasteiger partial charge is 0.489 e. The molecule has 5 nitrogen and oxygen atoms in total. The highest BCUT2D eigenvalue weighted by Crippen LogP contribution is 2.38. The minimum atomic E-state index is 0.464. The maximum Gasteiger partial charge on any atom is 0.164 e. The van der Waals surface area contributed by atoms with Gasteiger partial charge in [0.2, 0.25) is 0 Å². The fraction of sp³-hybridized carbons (Fsp3) is 0.0741. The van der Waals surface area contributed by atoms with Crippen LogP contribution in [0.4, 0.5) is 11.5 Å². The highest BCUT2D eigenvalue weighted by Gasteiger charge is 2.12. The van der Waals surface area contributed by atoms with E-state index >= 15 is 0 Å². The monoisotopic (exact) mass is 528 g/mol. The zero-order valence-electron chi connectivity index (χ0n) is 18.4. The van der Waals surface area contributed by atoms with Crippen LogP contribution in [-0.2, 0) is 6.61 Å². The van der Waals surface area contributed by atoms with E-state index in [9.17, 15) is 0 Å². The van der Waals surface area contributed by atoms with E-state index < -0.39 is 0 Å². The summed E-state index contributed by atoms with van der Waals surface area (Å²) in [6.45, 7) is 2.42. The molecule has 0 bridgehead atoms. The van der Waals surface area contributed by atoms with Gasteiger partial charge >= 0.3 is 0 Å². The third-order valence-corrected chi connectivity index (χ3v) is 7.02. The fourth-order valence-corrected chi connectivity index (χ4v) is 4.74. The van der Waals surface area contributed by atoms with Gasteiger partial charge in [0, 0.05) is 31.6 Å². The standard InChI is InChI=1S/C27H21BrN4OS/c1-18-11-13-22-26(31-18)29-17-30-27(22)32-24-15-20(33-16-19-7-5-6-10-23(19)28)12-14-25(24)34-21-8-3-2-4-9-21/h2-15,17H,16H2,1H3,(H,29,30,31,32). The van der Waals surface area contributed by atoms with Crippen LogP contribution in [-0.4, -0.2) is 15.0 Å². The Labute approximate surface area is 210 Å². The molecule has 0 spiro atoms. The second kappa shape index (κ2) is 10.2. The van der Waals surface area contributed by atoms with Crippen molar-refractivity contribution in [3.63, 3.8) is 0 Å². The molecule has 5 aromatic rings. The van der Waals surface area contributed by atoms with Crippen LogP contribution in [0.25, 0.3) is 11.0 Å². The van der Waals surface area contributed by atoms with Crippen LogP contribution in [0, 0.1) is 6.92 Å². The van der Waals surface area contributed by atoms with Gasteiger partial charge in [0.15, 0.2) is 5.65 Å². The van der Waals surface area contributed by atoms with Gasteiger partial charge in [0.05, 0.1) is 11.1 Å². The molecule has 0 aliphatic heterocycles. The molecule has 34 heavy (non-hydrogen) atoms. The topological polar surface area (TPSA) is 59.9 Å². The number of aryl methyl sites for hydroxylation is 1. The van der Waals surface area contributed by atoms with Crippen LogP contribution < -0.4 is 10.1 Å². The van der Waals surface area contributed by atoms with E-state index in [2.05, 4.69) is 54.4 Å². The molecule has 0 unspecified atom stereocenters. The Morgan fingerprint density at radius 3 is 2.59 bits per heavy atom. The van der Waals surface area contributed by atoms with E-state index in [4.69, 9.17) is 4.74 Å². The van der Waals surface area contributed by atoms with Crippen molar-refractivity contribution in [1.29, 1.82) is 0 Å². The molecule has 0 radical (unpaired) electrons. The first-order valence-corrected chi connectivity index (χ1v) is 12.4. The molecule has 3 aromatic carbocycles. The molecule has 168 valence electrons. The number of rotatable bonds is 7. The van der Waals surface area contributed by atoms with Crippen molar-refractivity contribution in [1.82, 2.24) is 15.0 Å². The summed E-state index contributed by atoms with van der Waals surface area (Å²) in [5.41, 5.74) is 3.57. The van der Waals surface area contributed by atoms with Crippen LogP contribution in [0.5, 0.6) is 5.75 Å². The van der Waals surface area contributed by atoms with Crippen molar-refractivity contribution >= 4 is 50.2 Å². The quantitative estimate of drug-likeness (QED) is 0.235. The van der Waals surface area contributed by atoms with Gasteiger partial charge in [0.1, 0.15) is 24.5 Å².